The molecule has 1 aliphatic carbocycles. The van der Waals surface area contributed by atoms with E-state index in [1.54, 1.807) is 60.7 Å². The topological polar surface area (TPSA) is 133 Å². The Bertz CT molecular complexity index is 1270. The first-order valence-electron chi connectivity index (χ1n) is 11.5. The van der Waals surface area contributed by atoms with Crippen LogP contribution in [0.15, 0.2) is 84.9 Å². The highest BCUT2D eigenvalue weighted by molar-refractivity contribution is 6.10. The standard InChI is InChI=1S/C28H26N2O6/c1-28(36)16-21(31)23(25(32)29-19-8-4-2-5-9-19)22(17-12-14-18(15-13-17)27(34)35)24(28)26(33)30-20-10-6-3-7-11-20/h2-15,22-24,36H,16H2,1H3,(H,29,32)(H,30,33)(H,34,35). The average molecular weight is 487 g/mol. The lowest BCUT2D eigenvalue weighted by atomic mass is 9.61. The van der Waals surface area contributed by atoms with Gasteiger partial charge in [-0.05, 0) is 48.9 Å². The smallest absolute Gasteiger partial charge is 0.335 e. The van der Waals surface area contributed by atoms with E-state index in [9.17, 15) is 29.4 Å². The van der Waals surface area contributed by atoms with E-state index in [-0.39, 0.29) is 5.56 Å². The van der Waals surface area contributed by atoms with E-state index in [4.69, 9.17) is 0 Å². The summed E-state index contributed by atoms with van der Waals surface area (Å²) in [4.78, 5) is 51.7. The minimum Gasteiger partial charge on any atom is -0.478 e. The Morgan fingerprint density at radius 2 is 1.31 bits per heavy atom. The molecular formula is C28H26N2O6. The number of nitrogens with one attached hydrogen (secondary N) is 2. The fourth-order valence-corrected chi connectivity index (χ4v) is 4.82. The maximum absolute atomic E-state index is 13.6. The molecule has 4 N–H and O–H groups in total. The van der Waals surface area contributed by atoms with E-state index in [2.05, 4.69) is 10.6 Å². The van der Waals surface area contributed by atoms with Gasteiger partial charge in [-0.1, -0.05) is 48.5 Å². The number of anilines is 2. The normalized spacial score (nSPS) is 23.5. The summed E-state index contributed by atoms with van der Waals surface area (Å²) in [5, 5.41) is 26.1. The Morgan fingerprint density at radius 1 is 0.806 bits per heavy atom. The number of hydrogen-bond acceptors (Lipinski definition) is 5. The number of para-hydroxylation sites is 2. The molecule has 0 heterocycles. The van der Waals surface area contributed by atoms with Gasteiger partial charge < -0.3 is 20.8 Å². The molecule has 3 aromatic rings. The van der Waals surface area contributed by atoms with Gasteiger partial charge >= 0.3 is 5.97 Å². The number of aliphatic hydroxyl groups is 1. The molecule has 36 heavy (non-hydrogen) atoms. The number of Topliss-reactive ketones (excluding diaryl/α,β-unsaturated/α-hetero) is 1. The van der Waals surface area contributed by atoms with Crippen molar-refractivity contribution in [2.75, 3.05) is 10.6 Å². The van der Waals surface area contributed by atoms with Crippen molar-refractivity contribution in [3.8, 4) is 0 Å². The lowest BCUT2D eigenvalue weighted by molar-refractivity contribution is -0.150. The van der Waals surface area contributed by atoms with Crippen molar-refractivity contribution in [1.29, 1.82) is 0 Å². The number of carbonyl (C=O) groups excluding carboxylic acids is 3. The van der Waals surface area contributed by atoms with E-state index in [1.165, 1.54) is 31.2 Å². The zero-order chi connectivity index (χ0) is 25.9. The van der Waals surface area contributed by atoms with Crippen LogP contribution in [-0.4, -0.2) is 39.4 Å². The summed E-state index contributed by atoms with van der Waals surface area (Å²) in [5.74, 6) is -6.31. The Morgan fingerprint density at radius 3 is 1.81 bits per heavy atom. The van der Waals surface area contributed by atoms with Crippen LogP contribution in [0.3, 0.4) is 0 Å². The van der Waals surface area contributed by atoms with Gasteiger partial charge in [-0.3, -0.25) is 14.4 Å². The molecule has 0 aromatic heterocycles. The summed E-state index contributed by atoms with van der Waals surface area (Å²) in [7, 11) is 0. The molecule has 4 rings (SSSR count). The van der Waals surface area contributed by atoms with Crippen LogP contribution in [0.4, 0.5) is 11.4 Å². The zero-order valence-electron chi connectivity index (χ0n) is 19.5. The molecule has 1 saturated carbocycles. The van der Waals surface area contributed by atoms with Gasteiger partial charge in [0, 0.05) is 23.7 Å². The highest BCUT2D eigenvalue weighted by atomic mass is 16.4. The number of benzene rings is 3. The Hall–Kier alpha value is -4.30. The zero-order valence-corrected chi connectivity index (χ0v) is 19.5. The number of ketones is 1. The van der Waals surface area contributed by atoms with Crippen molar-refractivity contribution in [1.82, 2.24) is 0 Å². The second-order valence-electron chi connectivity index (χ2n) is 9.12. The van der Waals surface area contributed by atoms with Gasteiger partial charge in [0.1, 0.15) is 11.7 Å². The summed E-state index contributed by atoms with van der Waals surface area (Å²) < 4.78 is 0. The summed E-state index contributed by atoms with van der Waals surface area (Å²) >= 11 is 0. The van der Waals surface area contributed by atoms with Crippen LogP contribution in [0.2, 0.25) is 0 Å². The molecule has 1 aliphatic rings. The second-order valence-corrected chi connectivity index (χ2v) is 9.12. The van der Waals surface area contributed by atoms with Crippen molar-refractivity contribution < 1.29 is 29.4 Å². The van der Waals surface area contributed by atoms with Gasteiger partial charge in [0.2, 0.25) is 11.8 Å². The second kappa shape index (κ2) is 10.1. The van der Waals surface area contributed by atoms with Gasteiger partial charge in [-0.25, -0.2) is 4.79 Å². The monoisotopic (exact) mass is 486 g/mol. The molecule has 0 aliphatic heterocycles. The first kappa shape index (κ1) is 24.8. The molecule has 2 amide bonds. The van der Waals surface area contributed by atoms with E-state index in [0.29, 0.717) is 16.9 Å². The largest absolute Gasteiger partial charge is 0.478 e. The predicted octanol–water partition coefficient (Wildman–Crippen LogP) is 3.70. The molecule has 0 saturated heterocycles. The SMILES string of the molecule is CC1(O)CC(=O)C(C(=O)Nc2ccccc2)C(c2ccc(C(=O)O)cc2)C1C(=O)Nc1ccccc1. The molecule has 1 fully saturated rings. The lowest BCUT2D eigenvalue weighted by Gasteiger charge is -2.44. The predicted molar refractivity (Wildman–Crippen MR) is 134 cm³/mol. The third-order valence-corrected chi connectivity index (χ3v) is 6.46. The van der Waals surface area contributed by atoms with Crippen molar-refractivity contribution in [3.63, 3.8) is 0 Å². The fraction of sp³-hybridized carbons (Fsp3) is 0.214. The molecule has 184 valence electrons. The van der Waals surface area contributed by atoms with Crippen molar-refractivity contribution >= 4 is 34.9 Å². The first-order valence-corrected chi connectivity index (χ1v) is 11.5. The minimum absolute atomic E-state index is 0.0169. The number of hydrogen-bond donors (Lipinski definition) is 4. The Labute approximate surface area is 208 Å². The summed E-state index contributed by atoms with van der Waals surface area (Å²) in [5.41, 5.74) is -0.355. The van der Waals surface area contributed by atoms with Crippen LogP contribution in [0, 0.1) is 11.8 Å². The van der Waals surface area contributed by atoms with Crippen LogP contribution in [0.1, 0.15) is 35.2 Å². The van der Waals surface area contributed by atoms with Crippen LogP contribution < -0.4 is 10.6 Å². The molecule has 4 atom stereocenters. The van der Waals surface area contributed by atoms with E-state index >= 15 is 0 Å². The quantitative estimate of drug-likeness (QED) is 0.393. The maximum Gasteiger partial charge on any atom is 0.335 e. The highest BCUT2D eigenvalue weighted by Crippen LogP contribution is 2.46. The van der Waals surface area contributed by atoms with Gasteiger partial charge in [0.05, 0.1) is 17.1 Å². The Balaban J connectivity index is 1.78. The number of aromatic carboxylic acids is 1. The van der Waals surface area contributed by atoms with Gasteiger partial charge in [0.25, 0.3) is 0 Å². The number of carbonyl (C=O) groups is 4. The molecule has 4 unspecified atom stereocenters. The van der Waals surface area contributed by atoms with E-state index in [1.807, 2.05) is 0 Å². The van der Waals surface area contributed by atoms with Crippen molar-refractivity contribution in [2.45, 2.75) is 24.9 Å². The molecule has 0 radical (unpaired) electrons. The number of carboxylic acids is 1. The number of amides is 2. The average Bonchev–Trinajstić information content (AvgIpc) is 2.84. The van der Waals surface area contributed by atoms with Crippen LogP contribution in [-0.2, 0) is 14.4 Å². The van der Waals surface area contributed by atoms with Crippen LogP contribution in [0.25, 0.3) is 0 Å². The summed E-state index contributed by atoms with van der Waals surface area (Å²) in [6.45, 7) is 1.41. The van der Waals surface area contributed by atoms with E-state index in [0.717, 1.165) is 0 Å². The molecule has 3 aromatic carbocycles. The lowest BCUT2D eigenvalue weighted by Crippen LogP contribution is -2.56. The molecule has 8 heteroatoms. The van der Waals surface area contributed by atoms with Crippen LogP contribution >= 0.6 is 0 Å². The van der Waals surface area contributed by atoms with Gasteiger partial charge in [0.15, 0.2) is 0 Å². The number of carboxylic acid groups (broad SMARTS) is 1. The Kier molecular flexibility index (Phi) is 6.98. The molecule has 0 spiro atoms. The van der Waals surface area contributed by atoms with E-state index < -0.39 is 53.3 Å². The fourth-order valence-electron chi connectivity index (χ4n) is 4.82. The summed E-state index contributed by atoms with van der Waals surface area (Å²) in [6, 6.07) is 23.0. The van der Waals surface area contributed by atoms with Gasteiger partial charge in [-0.15, -0.1) is 0 Å². The molecule has 0 bridgehead atoms. The molecular weight excluding hydrogens is 460 g/mol. The molecule has 8 nitrogen and oxygen atoms in total. The highest BCUT2D eigenvalue weighted by Gasteiger charge is 2.55. The van der Waals surface area contributed by atoms with Crippen LogP contribution in [0.5, 0.6) is 0 Å². The third-order valence-electron chi connectivity index (χ3n) is 6.46. The van der Waals surface area contributed by atoms with Crippen molar-refractivity contribution in [3.05, 3.63) is 96.1 Å². The number of rotatable bonds is 6. The maximum atomic E-state index is 13.6. The minimum atomic E-state index is -1.75. The van der Waals surface area contributed by atoms with Crippen molar-refractivity contribution in [2.24, 2.45) is 11.8 Å². The summed E-state index contributed by atoms with van der Waals surface area (Å²) in [6.07, 6.45) is -0.392. The first-order chi connectivity index (χ1) is 17.2. The third kappa shape index (κ3) is 5.18. The van der Waals surface area contributed by atoms with Gasteiger partial charge in [-0.2, -0.15) is 0 Å².